The summed E-state index contributed by atoms with van der Waals surface area (Å²) in [5.41, 5.74) is 2.56. The molecule has 0 bridgehead atoms. The highest BCUT2D eigenvalue weighted by atomic mass is 127. The highest BCUT2D eigenvalue weighted by Gasteiger charge is 2.27. The van der Waals surface area contributed by atoms with Crippen molar-refractivity contribution in [2.24, 2.45) is 12.0 Å². The van der Waals surface area contributed by atoms with Crippen molar-refractivity contribution < 1.29 is 9.59 Å². The van der Waals surface area contributed by atoms with Gasteiger partial charge in [0, 0.05) is 59.1 Å². The lowest BCUT2D eigenvalue weighted by Gasteiger charge is -2.35. The Morgan fingerprint density at radius 2 is 2.06 bits per heavy atom. The molecule has 174 valence electrons. The predicted octanol–water partition coefficient (Wildman–Crippen LogP) is 1.60. The van der Waals surface area contributed by atoms with E-state index in [9.17, 15) is 9.59 Å². The van der Waals surface area contributed by atoms with Crippen molar-refractivity contribution in [3.05, 3.63) is 47.8 Å². The summed E-state index contributed by atoms with van der Waals surface area (Å²) in [6, 6.07) is 7.65. The smallest absolute Gasteiger partial charge is 0.253 e. The van der Waals surface area contributed by atoms with Crippen LogP contribution in [0.15, 0.2) is 41.7 Å². The molecular weight excluding hydrogens is 521 g/mol. The Kier molecular flexibility index (Phi) is 9.48. The van der Waals surface area contributed by atoms with Crippen molar-refractivity contribution in [3.8, 4) is 0 Å². The molecule has 1 saturated heterocycles. The highest BCUT2D eigenvalue weighted by molar-refractivity contribution is 14.0. The van der Waals surface area contributed by atoms with Crippen LogP contribution in [0.4, 0.5) is 5.69 Å². The summed E-state index contributed by atoms with van der Waals surface area (Å²) in [7, 11) is 5.33. The molecule has 1 aliphatic rings. The number of aromatic nitrogens is 2. The molecule has 1 aliphatic heterocycles. The number of rotatable bonds is 6. The fourth-order valence-corrected chi connectivity index (χ4v) is 3.51. The van der Waals surface area contributed by atoms with E-state index < -0.39 is 0 Å². The molecule has 2 amide bonds. The largest absolute Gasteiger partial charge is 0.357 e. The molecule has 1 fully saturated rings. The zero-order valence-electron chi connectivity index (χ0n) is 19.1. The Labute approximate surface area is 206 Å². The Balaban J connectivity index is 0.00000363. The average Bonchev–Trinajstić information content (AvgIpc) is 3.18. The lowest BCUT2D eigenvalue weighted by atomic mass is 10.1. The summed E-state index contributed by atoms with van der Waals surface area (Å²) in [6.07, 6.45) is 4.27. The number of piperazine rings is 1. The molecule has 0 unspecified atom stereocenters. The van der Waals surface area contributed by atoms with Gasteiger partial charge >= 0.3 is 0 Å². The van der Waals surface area contributed by atoms with E-state index in [4.69, 9.17) is 4.99 Å². The van der Waals surface area contributed by atoms with Crippen LogP contribution in [-0.4, -0.2) is 84.2 Å². The number of guanidine groups is 1. The van der Waals surface area contributed by atoms with Gasteiger partial charge in [-0.1, -0.05) is 12.1 Å². The number of anilines is 1. The van der Waals surface area contributed by atoms with Gasteiger partial charge in [0.05, 0.1) is 11.9 Å². The number of hydrogen-bond donors (Lipinski definition) is 1. The zero-order chi connectivity index (χ0) is 22.4. The minimum atomic E-state index is -0.0105. The Morgan fingerprint density at radius 1 is 1.28 bits per heavy atom. The minimum Gasteiger partial charge on any atom is -0.357 e. The van der Waals surface area contributed by atoms with Gasteiger partial charge in [-0.05, 0) is 31.0 Å². The second-order valence-corrected chi connectivity index (χ2v) is 7.72. The Morgan fingerprint density at radius 3 is 2.69 bits per heavy atom. The second-order valence-electron chi connectivity index (χ2n) is 7.72. The van der Waals surface area contributed by atoms with Crippen molar-refractivity contribution >= 4 is 47.4 Å². The van der Waals surface area contributed by atoms with Crippen LogP contribution in [-0.2, 0) is 18.3 Å². The third-order valence-electron chi connectivity index (χ3n) is 5.10. The first kappa shape index (κ1) is 25.6. The van der Waals surface area contributed by atoms with Crippen molar-refractivity contribution in [1.29, 1.82) is 0 Å². The first-order valence-corrected chi connectivity index (χ1v) is 10.5. The molecule has 10 heteroatoms. The molecule has 2 heterocycles. The third-order valence-corrected chi connectivity index (χ3v) is 5.10. The molecule has 1 aromatic heterocycles. The minimum absolute atomic E-state index is 0. The fraction of sp³-hybridized carbons (Fsp3) is 0.455. The number of carbonyl (C=O) groups is 2. The SMILES string of the molecule is CCNC(=NCCc1cccc(C(=O)N(C)C)c1)N1CCN(c2cnn(C)c2)C(=O)C1.I. The third kappa shape index (κ3) is 6.44. The normalized spacial score (nSPS) is 14.2. The summed E-state index contributed by atoms with van der Waals surface area (Å²) in [6.45, 7) is 4.86. The van der Waals surface area contributed by atoms with Crippen molar-refractivity contribution in [1.82, 2.24) is 24.9 Å². The van der Waals surface area contributed by atoms with Crippen LogP contribution in [0.1, 0.15) is 22.8 Å². The van der Waals surface area contributed by atoms with Crippen LogP contribution >= 0.6 is 24.0 Å². The Hall–Kier alpha value is -2.63. The fourth-order valence-electron chi connectivity index (χ4n) is 3.51. The molecule has 0 spiro atoms. The van der Waals surface area contributed by atoms with E-state index in [0.717, 1.165) is 23.8 Å². The summed E-state index contributed by atoms with van der Waals surface area (Å²) < 4.78 is 1.70. The van der Waals surface area contributed by atoms with Crippen molar-refractivity contribution in [2.75, 3.05) is 51.7 Å². The van der Waals surface area contributed by atoms with Crippen LogP contribution in [0.2, 0.25) is 0 Å². The van der Waals surface area contributed by atoms with Gasteiger partial charge in [0.2, 0.25) is 5.91 Å². The summed E-state index contributed by atoms with van der Waals surface area (Å²) in [4.78, 5) is 34.9. The lowest BCUT2D eigenvalue weighted by Crippen LogP contribution is -2.55. The van der Waals surface area contributed by atoms with Gasteiger partial charge in [-0.3, -0.25) is 19.3 Å². The van der Waals surface area contributed by atoms with E-state index in [0.29, 0.717) is 31.6 Å². The predicted molar refractivity (Wildman–Crippen MR) is 137 cm³/mol. The van der Waals surface area contributed by atoms with E-state index in [1.54, 1.807) is 34.8 Å². The van der Waals surface area contributed by atoms with Crippen LogP contribution in [0.3, 0.4) is 0 Å². The molecule has 2 aromatic rings. The highest BCUT2D eigenvalue weighted by Crippen LogP contribution is 2.16. The average molecular weight is 553 g/mol. The monoisotopic (exact) mass is 553 g/mol. The van der Waals surface area contributed by atoms with Crippen molar-refractivity contribution in [2.45, 2.75) is 13.3 Å². The topological polar surface area (TPSA) is 86.1 Å². The molecule has 1 aromatic carbocycles. The number of nitrogens with one attached hydrogen (secondary N) is 1. The number of benzene rings is 1. The number of nitrogens with zero attached hydrogens (tertiary/aromatic N) is 6. The van der Waals surface area contributed by atoms with Gasteiger partial charge in [0.25, 0.3) is 5.91 Å². The molecule has 0 radical (unpaired) electrons. The second kappa shape index (κ2) is 11.8. The van der Waals surface area contributed by atoms with E-state index in [1.807, 2.05) is 49.3 Å². The van der Waals surface area contributed by atoms with E-state index >= 15 is 0 Å². The van der Waals surface area contributed by atoms with Crippen molar-refractivity contribution in [3.63, 3.8) is 0 Å². The van der Waals surface area contributed by atoms with Crippen LogP contribution in [0.5, 0.6) is 0 Å². The number of carbonyl (C=O) groups excluding carboxylic acids is 2. The van der Waals surface area contributed by atoms with E-state index in [-0.39, 0.29) is 42.3 Å². The van der Waals surface area contributed by atoms with Gasteiger partial charge in [-0.2, -0.15) is 5.10 Å². The summed E-state index contributed by atoms with van der Waals surface area (Å²) in [5.74, 6) is 0.755. The van der Waals surface area contributed by atoms with Crippen LogP contribution in [0.25, 0.3) is 0 Å². The maximum Gasteiger partial charge on any atom is 0.253 e. The van der Waals surface area contributed by atoms with E-state index in [1.165, 1.54) is 0 Å². The van der Waals surface area contributed by atoms with Gasteiger partial charge < -0.3 is 20.0 Å². The maximum absolute atomic E-state index is 12.7. The van der Waals surface area contributed by atoms with Gasteiger partial charge in [0.1, 0.15) is 6.54 Å². The number of halogens is 1. The lowest BCUT2D eigenvalue weighted by molar-refractivity contribution is -0.120. The maximum atomic E-state index is 12.7. The molecule has 0 aliphatic carbocycles. The first-order chi connectivity index (χ1) is 14.9. The standard InChI is InChI=1S/C22H31N7O2.HI/c1-5-23-22(24-10-9-17-7-6-8-18(13-17)21(31)26(2)3)28-11-12-29(20(30)16-28)19-14-25-27(4)15-19;/h6-8,13-15H,5,9-12,16H2,1-4H3,(H,23,24);1H. The van der Waals surface area contributed by atoms with Gasteiger partial charge in [0.15, 0.2) is 5.96 Å². The summed E-state index contributed by atoms with van der Waals surface area (Å²) >= 11 is 0. The van der Waals surface area contributed by atoms with Gasteiger partial charge in [-0.25, -0.2) is 0 Å². The Bertz CT molecular complexity index is 957. The number of hydrogen-bond acceptors (Lipinski definition) is 4. The number of amides is 2. The van der Waals surface area contributed by atoms with Crippen LogP contribution < -0.4 is 10.2 Å². The molecule has 32 heavy (non-hydrogen) atoms. The number of aryl methyl sites for hydroxylation is 1. The van der Waals surface area contributed by atoms with Gasteiger partial charge in [-0.15, -0.1) is 24.0 Å². The van der Waals surface area contributed by atoms with E-state index in [2.05, 4.69) is 10.4 Å². The molecule has 0 saturated carbocycles. The van der Waals surface area contributed by atoms with Crippen LogP contribution in [0, 0.1) is 0 Å². The molecule has 9 nitrogen and oxygen atoms in total. The molecule has 0 atom stereocenters. The zero-order valence-corrected chi connectivity index (χ0v) is 21.4. The molecule has 3 rings (SSSR count). The first-order valence-electron chi connectivity index (χ1n) is 10.5. The summed E-state index contributed by atoms with van der Waals surface area (Å²) in [5, 5.41) is 7.45. The number of aliphatic imine (C=N–C) groups is 1. The quantitative estimate of drug-likeness (QED) is 0.334. The molecular formula is C22H32IN7O2. The molecule has 1 N–H and O–H groups in total.